The summed E-state index contributed by atoms with van der Waals surface area (Å²) in [7, 11) is 1.62. The third-order valence-corrected chi connectivity index (χ3v) is 5.68. The largest absolute Gasteiger partial charge is 0.497 e. The van der Waals surface area contributed by atoms with Gasteiger partial charge in [-0.05, 0) is 49.2 Å². The second-order valence-electron chi connectivity index (χ2n) is 7.33. The molecule has 0 bridgehead atoms. The molecule has 0 unspecified atom stereocenters. The number of ether oxygens (including phenoxy) is 1. The van der Waals surface area contributed by atoms with Gasteiger partial charge < -0.3 is 14.1 Å². The Bertz CT molecular complexity index is 1180. The van der Waals surface area contributed by atoms with Crippen molar-refractivity contribution in [3.8, 4) is 5.75 Å². The normalized spacial score (nSPS) is 15.1. The van der Waals surface area contributed by atoms with Gasteiger partial charge in [-0.15, -0.1) is 0 Å². The third kappa shape index (κ3) is 3.10. The molecule has 0 spiro atoms. The first-order valence-electron chi connectivity index (χ1n) is 9.80. The zero-order valence-corrected chi connectivity index (χ0v) is 16.2. The molecule has 1 aliphatic heterocycles. The minimum Gasteiger partial charge on any atom is -0.497 e. The Morgan fingerprint density at radius 1 is 1.07 bits per heavy atom. The molecule has 1 saturated heterocycles. The predicted octanol–water partition coefficient (Wildman–Crippen LogP) is 4.48. The van der Waals surface area contributed by atoms with Gasteiger partial charge in [0.15, 0.2) is 17.2 Å². The Balaban J connectivity index is 1.36. The number of fused-ring (bicyclic) bond motifs is 3. The molecule has 1 fully saturated rings. The fourth-order valence-corrected chi connectivity index (χ4v) is 4.08. The summed E-state index contributed by atoms with van der Waals surface area (Å²) in [5, 5.41) is 0.996. The minimum absolute atomic E-state index is 0.0210. The summed E-state index contributed by atoms with van der Waals surface area (Å²) < 4.78 is 11.2. The van der Waals surface area contributed by atoms with E-state index in [0.29, 0.717) is 5.58 Å². The fraction of sp³-hybridized carbons (Fsp3) is 0.261. The van der Waals surface area contributed by atoms with Gasteiger partial charge in [-0.25, -0.2) is 9.97 Å². The van der Waals surface area contributed by atoms with Crippen molar-refractivity contribution in [2.75, 3.05) is 25.1 Å². The lowest BCUT2D eigenvalue weighted by Crippen LogP contribution is -2.37. The van der Waals surface area contributed by atoms with E-state index in [-0.39, 0.29) is 11.7 Å². The number of rotatable bonds is 4. The number of furan rings is 1. The standard InChI is InChI=1S/C23H21N3O3/c1-28-17-8-6-15(7-9-17)21(27)16-10-12-26(13-11-16)23-22-20(24-14-25-23)18-4-2-3-5-19(18)29-22/h2-9,14,16H,10-13H2,1H3. The van der Waals surface area contributed by atoms with Crippen molar-refractivity contribution in [3.05, 3.63) is 60.4 Å². The molecule has 0 saturated carbocycles. The number of para-hydroxylation sites is 1. The van der Waals surface area contributed by atoms with Crippen LogP contribution in [0.25, 0.3) is 22.1 Å². The number of Topliss-reactive ketones (excluding diaryl/α,β-unsaturated/α-hetero) is 1. The molecule has 3 heterocycles. The Hall–Kier alpha value is -3.41. The van der Waals surface area contributed by atoms with Gasteiger partial charge >= 0.3 is 0 Å². The maximum Gasteiger partial charge on any atom is 0.196 e. The summed E-state index contributed by atoms with van der Waals surface area (Å²) in [4.78, 5) is 24.0. The number of ketones is 1. The number of hydrogen-bond acceptors (Lipinski definition) is 6. The molecule has 1 aliphatic rings. The molecule has 0 amide bonds. The van der Waals surface area contributed by atoms with Crippen LogP contribution in [0.4, 0.5) is 5.82 Å². The number of carbonyl (C=O) groups excluding carboxylic acids is 1. The molecular weight excluding hydrogens is 366 g/mol. The first kappa shape index (κ1) is 17.7. The monoisotopic (exact) mass is 387 g/mol. The number of aromatic nitrogens is 2. The molecule has 0 radical (unpaired) electrons. The van der Waals surface area contributed by atoms with Crippen LogP contribution in [0.1, 0.15) is 23.2 Å². The van der Waals surface area contributed by atoms with Crippen LogP contribution in [0.2, 0.25) is 0 Å². The molecule has 6 nitrogen and oxygen atoms in total. The van der Waals surface area contributed by atoms with Crippen molar-refractivity contribution >= 4 is 33.7 Å². The van der Waals surface area contributed by atoms with Crippen molar-refractivity contribution in [3.63, 3.8) is 0 Å². The van der Waals surface area contributed by atoms with Gasteiger partial charge in [-0.1, -0.05) is 12.1 Å². The van der Waals surface area contributed by atoms with E-state index in [9.17, 15) is 4.79 Å². The maximum absolute atomic E-state index is 12.9. The van der Waals surface area contributed by atoms with Crippen LogP contribution in [0.3, 0.4) is 0 Å². The molecule has 2 aromatic carbocycles. The highest BCUT2D eigenvalue weighted by Gasteiger charge is 2.28. The quantitative estimate of drug-likeness (QED) is 0.481. The summed E-state index contributed by atoms with van der Waals surface area (Å²) in [5.41, 5.74) is 3.11. The van der Waals surface area contributed by atoms with E-state index in [1.807, 2.05) is 48.5 Å². The van der Waals surface area contributed by atoms with Crippen LogP contribution in [-0.4, -0.2) is 36.0 Å². The molecule has 146 valence electrons. The van der Waals surface area contributed by atoms with Crippen LogP contribution in [0, 0.1) is 5.92 Å². The van der Waals surface area contributed by atoms with Gasteiger partial charge in [0.05, 0.1) is 7.11 Å². The first-order valence-corrected chi connectivity index (χ1v) is 9.80. The zero-order valence-electron chi connectivity index (χ0n) is 16.2. The summed E-state index contributed by atoms with van der Waals surface area (Å²) in [6.07, 6.45) is 3.17. The van der Waals surface area contributed by atoms with E-state index in [4.69, 9.17) is 9.15 Å². The van der Waals surface area contributed by atoms with Gasteiger partial charge in [-0.3, -0.25) is 4.79 Å². The molecule has 2 aromatic heterocycles. The lowest BCUT2D eigenvalue weighted by Gasteiger charge is -2.32. The van der Waals surface area contributed by atoms with Crippen molar-refractivity contribution in [1.29, 1.82) is 0 Å². The van der Waals surface area contributed by atoms with Crippen LogP contribution < -0.4 is 9.64 Å². The van der Waals surface area contributed by atoms with E-state index in [1.165, 1.54) is 0 Å². The Morgan fingerprint density at radius 3 is 2.59 bits per heavy atom. The summed E-state index contributed by atoms with van der Waals surface area (Å²) in [5.74, 6) is 1.79. The molecule has 5 rings (SSSR count). The van der Waals surface area contributed by atoms with Crippen molar-refractivity contribution in [2.45, 2.75) is 12.8 Å². The number of methoxy groups -OCH3 is 1. The van der Waals surface area contributed by atoms with E-state index < -0.39 is 0 Å². The zero-order chi connectivity index (χ0) is 19.8. The molecule has 29 heavy (non-hydrogen) atoms. The van der Waals surface area contributed by atoms with Gasteiger partial charge in [0.2, 0.25) is 0 Å². The van der Waals surface area contributed by atoms with Gasteiger partial charge in [0.25, 0.3) is 0 Å². The van der Waals surface area contributed by atoms with Crippen molar-refractivity contribution in [1.82, 2.24) is 9.97 Å². The van der Waals surface area contributed by atoms with Crippen LogP contribution >= 0.6 is 0 Å². The molecular formula is C23H21N3O3. The number of benzene rings is 2. The minimum atomic E-state index is 0.0210. The summed E-state index contributed by atoms with van der Waals surface area (Å²) >= 11 is 0. The molecule has 6 heteroatoms. The lowest BCUT2D eigenvalue weighted by atomic mass is 9.89. The second-order valence-corrected chi connectivity index (χ2v) is 7.33. The van der Waals surface area contributed by atoms with E-state index >= 15 is 0 Å². The first-order chi connectivity index (χ1) is 14.2. The number of hydrogen-bond donors (Lipinski definition) is 0. The SMILES string of the molecule is COc1ccc(C(=O)C2CCN(c3ncnc4c3oc3ccccc34)CC2)cc1. The Labute approximate surface area is 168 Å². The highest BCUT2D eigenvalue weighted by Crippen LogP contribution is 2.34. The molecule has 0 atom stereocenters. The topological polar surface area (TPSA) is 68.5 Å². The average Bonchev–Trinajstić information content (AvgIpc) is 3.18. The van der Waals surface area contributed by atoms with E-state index in [1.54, 1.807) is 13.4 Å². The number of piperidine rings is 1. The maximum atomic E-state index is 12.9. The van der Waals surface area contributed by atoms with Crippen LogP contribution in [0.5, 0.6) is 5.75 Å². The summed E-state index contributed by atoms with van der Waals surface area (Å²) in [6.45, 7) is 1.52. The summed E-state index contributed by atoms with van der Waals surface area (Å²) in [6, 6.07) is 15.2. The highest BCUT2D eigenvalue weighted by atomic mass is 16.5. The van der Waals surface area contributed by atoms with Crippen LogP contribution in [-0.2, 0) is 0 Å². The Kier molecular flexibility index (Phi) is 4.39. The van der Waals surface area contributed by atoms with Gasteiger partial charge in [0.1, 0.15) is 23.2 Å². The van der Waals surface area contributed by atoms with Crippen molar-refractivity contribution < 1.29 is 13.9 Å². The molecule has 4 aromatic rings. The third-order valence-electron chi connectivity index (χ3n) is 5.68. The van der Waals surface area contributed by atoms with Crippen LogP contribution in [0.15, 0.2) is 59.3 Å². The molecule has 0 aliphatic carbocycles. The second kappa shape index (κ2) is 7.20. The Morgan fingerprint density at radius 2 is 1.83 bits per heavy atom. The predicted molar refractivity (Wildman–Crippen MR) is 112 cm³/mol. The van der Waals surface area contributed by atoms with Gasteiger partial charge in [-0.2, -0.15) is 0 Å². The number of nitrogens with zero attached hydrogens (tertiary/aromatic N) is 3. The number of carbonyl (C=O) groups is 1. The number of anilines is 1. The smallest absolute Gasteiger partial charge is 0.196 e. The van der Waals surface area contributed by atoms with E-state index in [2.05, 4.69) is 14.9 Å². The fourth-order valence-electron chi connectivity index (χ4n) is 4.08. The van der Waals surface area contributed by atoms with Crippen molar-refractivity contribution in [2.24, 2.45) is 5.92 Å². The lowest BCUT2D eigenvalue weighted by molar-refractivity contribution is 0.0900. The highest BCUT2D eigenvalue weighted by molar-refractivity contribution is 6.05. The average molecular weight is 387 g/mol. The molecule has 0 N–H and O–H groups in total. The van der Waals surface area contributed by atoms with Gasteiger partial charge in [0, 0.05) is 30.0 Å². The van der Waals surface area contributed by atoms with E-state index in [0.717, 1.165) is 59.5 Å².